The Morgan fingerprint density at radius 3 is 2.08 bits per heavy atom. The van der Waals surface area contributed by atoms with Crippen LogP contribution in [0.5, 0.6) is 0 Å². The van der Waals surface area contributed by atoms with Crippen LogP contribution >= 0.6 is 35.2 Å². The number of unbranched alkanes of at least 4 members (excludes halogenated alkanes) is 3. The summed E-state index contributed by atoms with van der Waals surface area (Å²) < 4.78 is 62.4. The molecule has 1 fully saturated rings. The third kappa shape index (κ3) is 23.8. The standard InChI is InChI=1S/C43H68N7O17P3S/c1-4-5-6-7-8-9-10-11-12-13-14-15-16-17-18-19-20-21-22-23-34(52)71-27-26-45-33(51)24-25-46-41(55)38(54)43(2,3)29-64-70(61,62)67-69(59,60)63-28-32-37(66-68(56,57)58)36(53)42(65-32)50-31-49-35-39(44)47-30-48-40(35)50/h8-9,11-12,14-15,17-18,20-21,30-32,36-38,42,53-54H,4-7,10,13,16,19,22-29H2,1-3H3,(H,45,51)(H,46,55)(H,59,60)(H,61,62)(H2,44,47,48)(H2,56,57,58)/b9-8-,12-11-,15-14-,18-17-,21-20-/t32-,36+,37+,38-,42-/m0/s1. The van der Waals surface area contributed by atoms with Crippen LogP contribution in [0.1, 0.15) is 97.6 Å². The third-order valence-corrected chi connectivity index (χ3v) is 14.2. The van der Waals surface area contributed by atoms with E-state index < -0.39 is 84.6 Å². The van der Waals surface area contributed by atoms with E-state index in [1.54, 1.807) is 0 Å². The predicted octanol–water partition coefficient (Wildman–Crippen LogP) is 5.37. The van der Waals surface area contributed by atoms with Crippen molar-refractivity contribution < 1.29 is 80.5 Å². The second kappa shape index (κ2) is 31.1. The number of carbonyl (C=O) groups excluding carboxylic acids is 3. The lowest BCUT2D eigenvalue weighted by atomic mass is 9.87. The van der Waals surface area contributed by atoms with Crippen LogP contribution in [-0.4, -0.2) is 123 Å². The number of allylic oxidation sites excluding steroid dienone is 10. The summed E-state index contributed by atoms with van der Waals surface area (Å²) in [6, 6.07) is 0. The highest BCUT2D eigenvalue weighted by Gasteiger charge is 2.50. The SMILES string of the molecule is CCCCC/C=C\C/C=C\C/C=C\C/C=C\C/C=C\CCC(=O)SCCNC(=O)CCNC(=O)[C@H](O)C(C)(C)COP(=O)(O)OP(=O)(O)OC[C@@H]1O[C@H](n2cnc3c(N)ncnc32)[C@H](O)[C@@H]1OP(=O)(O)O. The zero-order valence-corrected chi connectivity index (χ0v) is 43.4. The van der Waals surface area contributed by atoms with E-state index in [-0.39, 0.29) is 41.6 Å². The molecule has 71 heavy (non-hydrogen) atoms. The third-order valence-electron chi connectivity index (χ3n) is 10.2. The molecule has 24 nitrogen and oxygen atoms in total. The van der Waals surface area contributed by atoms with Gasteiger partial charge >= 0.3 is 23.5 Å². The second-order valence-corrected chi connectivity index (χ2v) is 22.0. The highest BCUT2D eigenvalue weighted by molar-refractivity contribution is 8.13. The van der Waals surface area contributed by atoms with Crippen molar-refractivity contribution in [2.45, 2.75) is 122 Å². The molecule has 1 aliphatic heterocycles. The number of phosphoric ester groups is 3. The Bertz CT molecular complexity index is 2310. The molecule has 0 spiro atoms. The minimum atomic E-state index is -5.58. The fraction of sp³-hybridized carbons (Fsp3) is 0.581. The average molecular weight is 1080 g/mol. The van der Waals surface area contributed by atoms with Crippen LogP contribution in [0, 0.1) is 5.41 Å². The second-order valence-electron chi connectivity index (χ2n) is 16.6. The Labute approximate surface area is 417 Å². The molecule has 2 unspecified atom stereocenters. The minimum absolute atomic E-state index is 0.0152. The number of thioether (sulfide) groups is 1. The van der Waals surface area contributed by atoms with E-state index in [0.717, 1.165) is 61.1 Å². The van der Waals surface area contributed by atoms with Gasteiger partial charge in [-0.1, -0.05) is 106 Å². The molecule has 398 valence electrons. The summed E-state index contributed by atoms with van der Waals surface area (Å²) in [5.74, 6) is -1.11. The van der Waals surface area contributed by atoms with Crippen molar-refractivity contribution in [1.29, 1.82) is 0 Å². The van der Waals surface area contributed by atoms with Crippen LogP contribution < -0.4 is 16.4 Å². The van der Waals surface area contributed by atoms with Gasteiger partial charge < -0.3 is 50.9 Å². The molecule has 1 aliphatic rings. The van der Waals surface area contributed by atoms with Gasteiger partial charge in [0, 0.05) is 37.1 Å². The first-order valence-electron chi connectivity index (χ1n) is 22.9. The summed E-state index contributed by atoms with van der Waals surface area (Å²) in [5, 5.41) is 26.6. The molecule has 7 atom stereocenters. The highest BCUT2D eigenvalue weighted by atomic mass is 32.2. The van der Waals surface area contributed by atoms with E-state index in [9.17, 15) is 57.9 Å². The molecule has 2 aromatic rings. The summed E-state index contributed by atoms with van der Waals surface area (Å²) in [6.45, 7) is 2.70. The van der Waals surface area contributed by atoms with Crippen molar-refractivity contribution in [3.63, 3.8) is 0 Å². The molecule has 0 radical (unpaired) electrons. The number of aromatic nitrogens is 4. The van der Waals surface area contributed by atoms with Crippen LogP contribution in [0.15, 0.2) is 73.4 Å². The summed E-state index contributed by atoms with van der Waals surface area (Å²) >= 11 is 1.10. The molecular weight excluding hydrogens is 1010 g/mol. The number of aliphatic hydroxyl groups excluding tert-OH is 2. The largest absolute Gasteiger partial charge is 0.481 e. The molecule has 0 aromatic carbocycles. The molecular formula is C43H68N7O17P3S. The van der Waals surface area contributed by atoms with Gasteiger partial charge in [0.25, 0.3) is 0 Å². The Kier molecular flexibility index (Phi) is 27.0. The van der Waals surface area contributed by atoms with Crippen LogP contribution in [-0.2, 0) is 50.7 Å². The van der Waals surface area contributed by atoms with Gasteiger partial charge in [0.2, 0.25) is 11.8 Å². The fourth-order valence-electron chi connectivity index (χ4n) is 6.40. The topological polar surface area (TPSA) is 364 Å². The fourth-order valence-corrected chi connectivity index (χ4v) is 9.92. The zero-order valence-electron chi connectivity index (χ0n) is 39.9. The molecule has 0 saturated carbocycles. The smallest absolute Gasteiger partial charge is 0.386 e. The number of ether oxygens (including phenoxy) is 1. The average Bonchev–Trinajstić information content (AvgIpc) is 3.86. The molecule has 3 heterocycles. The zero-order chi connectivity index (χ0) is 52.5. The molecule has 10 N–H and O–H groups in total. The van der Waals surface area contributed by atoms with E-state index in [1.807, 2.05) is 12.2 Å². The minimum Gasteiger partial charge on any atom is -0.386 e. The molecule has 2 aromatic heterocycles. The number of phosphoric acid groups is 3. The van der Waals surface area contributed by atoms with Gasteiger partial charge in [-0.25, -0.2) is 28.6 Å². The van der Waals surface area contributed by atoms with Gasteiger partial charge in [-0.15, -0.1) is 0 Å². The Morgan fingerprint density at radius 1 is 0.859 bits per heavy atom. The van der Waals surface area contributed by atoms with E-state index in [4.69, 9.17) is 19.5 Å². The number of nitrogens with one attached hydrogen (secondary N) is 2. The number of aliphatic hydroxyl groups is 2. The van der Waals surface area contributed by atoms with Crippen molar-refractivity contribution in [2.75, 3.05) is 37.8 Å². The first-order valence-corrected chi connectivity index (χ1v) is 28.4. The quantitative estimate of drug-likeness (QED) is 0.0242. The van der Waals surface area contributed by atoms with Crippen molar-refractivity contribution in [3.8, 4) is 0 Å². The van der Waals surface area contributed by atoms with Gasteiger partial charge in [-0.3, -0.25) is 32.5 Å². The summed E-state index contributed by atoms with van der Waals surface area (Å²) in [5.41, 5.74) is 4.27. The van der Waals surface area contributed by atoms with Crippen molar-refractivity contribution in [1.82, 2.24) is 30.2 Å². The summed E-state index contributed by atoms with van der Waals surface area (Å²) in [4.78, 5) is 88.4. The number of rotatable bonds is 34. The van der Waals surface area contributed by atoms with Gasteiger partial charge in [-0.05, 0) is 44.9 Å². The van der Waals surface area contributed by atoms with Crippen LogP contribution in [0.25, 0.3) is 11.2 Å². The first-order chi connectivity index (χ1) is 33.6. The lowest BCUT2D eigenvalue weighted by Crippen LogP contribution is -2.46. The van der Waals surface area contributed by atoms with Crippen LogP contribution in [0.4, 0.5) is 5.82 Å². The number of nitrogen functional groups attached to an aromatic ring is 1. The normalized spacial score (nSPS) is 20.2. The van der Waals surface area contributed by atoms with Crippen molar-refractivity contribution >= 4 is 69.1 Å². The van der Waals surface area contributed by atoms with Gasteiger partial charge in [0.15, 0.2) is 22.8 Å². The lowest BCUT2D eigenvalue weighted by Gasteiger charge is -2.30. The summed E-state index contributed by atoms with van der Waals surface area (Å²) in [7, 11) is -16.4. The molecule has 3 rings (SSSR count). The number of anilines is 1. The van der Waals surface area contributed by atoms with Crippen molar-refractivity contribution in [3.05, 3.63) is 73.4 Å². The van der Waals surface area contributed by atoms with Crippen LogP contribution in [0.3, 0.4) is 0 Å². The Morgan fingerprint density at radius 2 is 1.46 bits per heavy atom. The molecule has 0 aliphatic carbocycles. The number of hydrogen-bond donors (Lipinski definition) is 9. The van der Waals surface area contributed by atoms with E-state index >= 15 is 0 Å². The lowest BCUT2D eigenvalue weighted by molar-refractivity contribution is -0.137. The maximum atomic E-state index is 12.7. The van der Waals surface area contributed by atoms with Gasteiger partial charge in [0.1, 0.15) is 36.3 Å². The van der Waals surface area contributed by atoms with Gasteiger partial charge in [-0.2, -0.15) is 4.31 Å². The predicted molar refractivity (Wildman–Crippen MR) is 265 cm³/mol. The molecule has 1 saturated heterocycles. The Hall–Kier alpha value is -3.74. The van der Waals surface area contributed by atoms with Crippen LogP contribution in [0.2, 0.25) is 0 Å². The van der Waals surface area contributed by atoms with Crippen molar-refractivity contribution in [2.24, 2.45) is 5.41 Å². The monoisotopic (exact) mass is 1080 g/mol. The number of nitrogens with two attached hydrogens (primary N) is 1. The number of nitrogens with zero attached hydrogens (tertiary/aromatic N) is 4. The highest BCUT2D eigenvalue weighted by Crippen LogP contribution is 2.61. The summed E-state index contributed by atoms with van der Waals surface area (Å²) in [6.07, 6.45) is 23.7. The number of imidazole rings is 1. The first kappa shape index (κ1) is 61.6. The number of fused-ring (bicyclic) bond motifs is 1. The number of carbonyl (C=O) groups is 3. The Balaban J connectivity index is 1.29. The molecule has 28 heteroatoms. The molecule has 2 amide bonds. The number of hydrogen-bond acceptors (Lipinski definition) is 18. The van der Waals surface area contributed by atoms with E-state index in [0.29, 0.717) is 18.6 Å². The molecule has 0 bridgehead atoms. The van der Waals surface area contributed by atoms with E-state index in [2.05, 4.69) is 90.0 Å². The van der Waals surface area contributed by atoms with E-state index in [1.165, 1.54) is 33.1 Å². The number of amides is 2. The maximum absolute atomic E-state index is 12.7. The van der Waals surface area contributed by atoms with Gasteiger partial charge in [0.05, 0.1) is 19.5 Å². The maximum Gasteiger partial charge on any atom is 0.481 e.